The minimum Gasteiger partial charge on any atom is -0.356 e. The molecule has 0 N–H and O–H groups in total. The lowest BCUT2D eigenvalue weighted by Gasteiger charge is -2.59. The van der Waals surface area contributed by atoms with Crippen molar-refractivity contribution < 1.29 is 13.2 Å². The lowest BCUT2D eigenvalue weighted by atomic mass is 9.61. The van der Waals surface area contributed by atoms with Crippen molar-refractivity contribution in [3.63, 3.8) is 0 Å². The van der Waals surface area contributed by atoms with Crippen LogP contribution >= 0.6 is 11.6 Å². The van der Waals surface area contributed by atoms with Crippen molar-refractivity contribution in [3.8, 4) is 29.1 Å². The second kappa shape index (κ2) is 8.75. The Morgan fingerprint density at radius 1 is 1.11 bits per heavy atom. The van der Waals surface area contributed by atoms with Gasteiger partial charge >= 0.3 is 5.69 Å². The standard InChI is InChI=1S/C24H17ClF3N7O2/c25-16-7-14(1-2-17(16)26)19-20(33-12-23(13-33)10-24(27,28)11-23)34(6-5-30)22(37)35(21(19)36)18-9-31-8-15(32-18)3-4-29/h1-2,7-9H,3,6,10-13H2. The largest absolute Gasteiger partial charge is 0.356 e. The fourth-order valence-corrected chi connectivity index (χ4v) is 5.32. The summed E-state index contributed by atoms with van der Waals surface area (Å²) in [7, 11) is 0. The van der Waals surface area contributed by atoms with Crippen LogP contribution < -0.4 is 16.1 Å². The molecule has 1 saturated carbocycles. The van der Waals surface area contributed by atoms with Crippen LogP contribution in [0.4, 0.5) is 19.0 Å². The molecule has 3 aromatic rings. The number of anilines is 1. The predicted molar refractivity (Wildman–Crippen MR) is 126 cm³/mol. The highest BCUT2D eigenvalue weighted by molar-refractivity contribution is 6.31. The molecule has 13 heteroatoms. The number of rotatable bonds is 5. The highest BCUT2D eigenvalue weighted by atomic mass is 35.5. The number of benzene rings is 1. The average Bonchev–Trinajstić information content (AvgIpc) is 2.80. The maximum Gasteiger partial charge on any atom is 0.339 e. The molecule has 188 valence electrons. The summed E-state index contributed by atoms with van der Waals surface area (Å²) in [5, 5.41) is 18.2. The molecule has 1 saturated heterocycles. The molecule has 1 aromatic carbocycles. The summed E-state index contributed by atoms with van der Waals surface area (Å²) in [6, 6.07) is 7.38. The van der Waals surface area contributed by atoms with Crippen molar-refractivity contribution in [1.29, 1.82) is 10.5 Å². The smallest absolute Gasteiger partial charge is 0.339 e. The van der Waals surface area contributed by atoms with Crippen molar-refractivity contribution in [2.24, 2.45) is 5.41 Å². The van der Waals surface area contributed by atoms with Gasteiger partial charge in [-0.25, -0.2) is 27.5 Å². The van der Waals surface area contributed by atoms with E-state index in [4.69, 9.17) is 16.9 Å². The molecule has 0 amide bonds. The Bertz CT molecular complexity index is 1620. The van der Waals surface area contributed by atoms with Crippen LogP contribution in [0.15, 0.2) is 40.2 Å². The van der Waals surface area contributed by atoms with E-state index in [1.807, 2.05) is 12.1 Å². The van der Waals surface area contributed by atoms with Crippen LogP contribution in [0.2, 0.25) is 5.02 Å². The Morgan fingerprint density at radius 3 is 2.46 bits per heavy atom. The Hall–Kier alpha value is -4.16. The minimum absolute atomic E-state index is 0.0532. The van der Waals surface area contributed by atoms with Gasteiger partial charge in [-0.2, -0.15) is 10.5 Å². The quantitative estimate of drug-likeness (QED) is 0.500. The molecule has 1 aliphatic carbocycles. The number of halogens is 4. The van der Waals surface area contributed by atoms with Crippen LogP contribution in [-0.2, 0) is 13.0 Å². The molecule has 0 radical (unpaired) electrons. The fourth-order valence-electron chi connectivity index (χ4n) is 5.14. The predicted octanol–water partition coefficient (Wildman–Crippen LogP) is 3.07. The van der Waals surface area contributed by atoms with Crippen molar-refractivity contribution in [2.45, 2.75) is 31.7 Å². The lowest BCUT2D eigenvalue weighted by molar-refractivity contribution is -0.170. The zero-order valence-electron chi connectivity index (χ0n) is 19.1. The highest BCUT2D eigenvalue weighted by Crippen LogP contribution is 2.57. The van der Waals surface area contributed by atoms with Crippen LogP contribution in [0.5, 0.6) is 0 Å². The van der Waals surface area contributed by atoms with E-state index in [2.05, 4.69) is 9.97 Å². The first kappa shape index (κ1) is 24.5. The summed E-state index contributed by atoms with van der Waals surface area (Å²) in [4.78, 5) is 37.2. The van der Waals surface area contributed by atoms with Gasteiger partial charge in [0.25, 0.3) is 5.56 Å². The molecule has 0 unspecified atom stereocenters. The number of alkyl halides is 2. The van der Waals surface area contributed by atoms with Gasteiger partial charge in [-0.15, -0.1) is 0 Å². The van der Waals surface area contributed by atoms with E-state index < -0.39 is 34.9 Å². The number of hydrogen-bond donors (Lipinski definition) is 0. The van der Waals surface area contributed by atoms with Crippen molar-refractivity contribution in [2.75, 3.05) is 18.0 Å². The third-order valence-corrected chi connectivity index (χ3v) is 6.83. The highest BCUT2D eigenvalue weighted by Gasteiger charge is 2.62. The summed E-state index contributed by atoms with van der Waals surface area (Å²) in [6.07, 6.45) is 1.73. The van der Waals surface area contributed by atoms with E-state index in [0.717, 1.165) is 16.8 Å². The van der Waals surface area contributed by atoms with Crippen molar-refractivity contribution in [1.82, 2.24) is 19.1 Å². The Morgan fingerprint density at radius 2 is 1.84 bits per heavy atom. The zero-order valence-corrected chi connectivity index (χ0v) is 19.8. The van der Waals surface area contributed by atoms with Gasteiger partial charge in [0.05, 0.1) is 41.0 Å². The first-order valence-electron chi connectivity index (χ1n) is 11.1. The third-order valence-electron chi connectivity index (χ3n) is 6.54. The zero-order chi connectivity index (χ0) is 26.5. The van der Waals surface area contributed by atoms with Crippen LogP contribution in [0.3, 0.4) is 0 Å². The molecular weight excluding hydrogens is 511 g/mol. The second-order valence-electron chi connectivity index (χ2n) is 9.26. The molecule has 2 aromatic heterocycles. The van der Waals surface area contributed by atoms with Crippen LogP contribution in [-0.4, -0.2) is 38.1 Å². The summed E-state index contributed by atoms with van der Waals surface area (Å²) < 4.78 is 43.0. The maximum atomic E-state index is 14.0. The maximum absolute atomic E-state index is 14.0. The molecule has 9 nitrogen and oxygen atoms in total. The van der Waals surface area contributed by atoms with Gasteiger partial charge < -0.3 is 4.90 Å². The van der Waals surface area contributed by atoms with Crippen molar-refractivity contribution in [3.05, 3.63) is 68.0 Å². The number of nitriles is 2. The van der Waals surface area contributed by atoms with E-state index >= 15 is 0 Å². The molecule has 5 rings (SSSR count). The van der Waals surface area contributed by atoms with Crippen LogP contribution in [0, 0.1) is 33.9 Å². The van der Waals surface area contributed by atoms with E-state index in [1.54, 1.807) is 4.90 Å². The first-order chi connectivity index (χ1) is 17.6. The first-order valence-corrected chi connectivity index (χ1v) is 11.5. The van der Waals surface area contributed by atoms with Gasteiger partial charge in [-0.1, -0.05) is 17.7 Å². The van der Waals surface area contributed by atoms with Gasteiger partial charge in [-0.3, -0.25) is 14.3 Å². The number of hydrogen-bond acceptors (Lipinski definition) is 7. The minimum atomic E-state index is -2.76. The second-order valence-corrected chi connectivity index (χ2v) is 9.67. The van der Waals surface area contributed by atoms with Gasteiger partial charge in [0, 0.05) is 37.5 Å². The number of nitrogens with zero attached hydrogens (tertiary/aromatic N) is 7. The SMILES string of the molecule is N#CCc1cncc(-n2c(=O)c(-c3ccc(F)c(Cl)c3)c(N3CC4(C3)CC(F)(F)C4)n(CC#N)c2=O)n1. The topological polar surface area (TPSA) is 121 Å². The lowest BCUT2D eigenvalue weighted by Crippen LogP contribution is -2.67. The molecule has 37 heavy (non-hydrogen) atoms. The molecule has 2 aliphatic rings. The molecular formula is C24H17ClF3N7O2. The van der Waals surface area contributed by atoms with E-state index in [-0.39, 0.29) is 65.8 Å². The molecule has 1 spiro atoms. The summed E-state index contributed by atoms with van der Waals surface area (Å²) in [5.41, 5.74) is -2.11. The molecule has 0 atom stereocenters. The Labute approximate surface area is 212 Å². The van der Waals surface area contributed by atoms with Gasteiger partial charge in [0.1, 0.15) is 18.2 Å². The fraction of sp³-hybridized carbons (Fsp3) is 0.333. The van der Waals surface area contributed by atoms with Gasteiger partial charge in [0.15, 0.2) is 5.82 Å². The summed E-state index contributed by atoms with van der Waals surface area (Å²) in [5.74, 6) is -3.61. The van der Waals surface area contributed by atoms with Gasteiger partial charge in [-0.05, 0) is 17.7 Å². The monoisotopic (exact) mass is 527 g/mol. The average molecular weight is 528 g/mol. The molecule has 2 fully saturated rings. The Kier molecular flexibility index (Phi) is 5.80. The van der Waals surface area contributed by atoms with E-state index in [1.165, 1.54) is 18.3 Å². The summed E-state index contributed by atoms with van der Waals surface area (Å²) in [6.45, 7) is -0.173. The van der Waals surface area contributed by atoms with Gasteiger partial charge in [0.2, 0.25) is 5.92 Å². The van der Waals surface area contributed by atoms with Crippen LogP contribution in [0.1, 0.15) is 18.5 Å². The molecule has 3 heterocycles. The number of aromatic nitrogens is 4. The normalized spacial score (nSPS) is 17.0. The molecule has 1 aliphatic heterocycles. The van der Waals surface area contributed by atoms with E-state index in [9.17, 15) is 28.0 Å². The van der Waals surface area contributed by atoms with Crippen molar-refractivity contribution >= 4 is 17.4 Å². The van der Waals surface area contributed by atoms with E-state index in [0.29, 0.717) is 4.57 Å². The molecule has 0 bridgehead atoms. The summed E-state index contributed by atoms with van der Waals surface area (Å²) >= 11 is 5.99. The third kappa shape index (κ3) is 4.13. The Balaban J connectivity index is 1.76. The van der Waals surface area contributed by atoms with Crippen LogP contribution in [0.25, 0.3) is 16.9 Å².